The molecule has 0 bridgehead atoms. The molecule has 128 valence electrons. The van der Waals surface area contributed by atoms with E-state index in [9.17, 15) is 8.42 Å². The van der Waals surface area contributed by atoms with Crippen molar-refractivity contribution in [2.24, 2.45) is 0 Å². The van der Waals surface area contributed by atoms with E-state index in [2.05, 4.69) is 30.3 Å². The van der Waals surface area contributed by atoms with Crippen molar-refractivity contribution in [1.82, 2.24) is 4.31 Å². The first-order chi connectivity index (χ1) is 11.5. The van der Waals surface area contributed by atoms with Crippen LogP contribution in [0, 0.1) is 0 Å². The summed E-state index contributed by atoms with van der Waals surface area (Å²) >= 11 is 0. The SMILES string of the molecule is CS(=O)(=O)N1CCc2cc(OCCCc3ccccc3)ccc2C1. The minimum absolute atomic E-state index is 0.461. The van der Waals surface area contributed by atoms with Gasteiger partial charge < -0.3 is 4.74 Å². The second kappa shape index (κ2) is 7.36. The van der Waals surface area contributed by atoms with E-state index in [0.717, 1.165) is 30.6 Å². The van der Waals surface area contributed by atoms with Crippen LogP contribution in [-0.2, 0) is 29.4 Å². The van der Waals surface area contributed by atoms with Crippen LogP contribution in [0.15, 0.2) is 48.5 Å². The van der Waals surface area contributed by atoms with Crippen LogP contribution in [0.5, 0.6) is 5.75 Å². The summed E-state index contributed by atoms with van der Waals surface area (Å²) in [4.78, 5) is 0. The maximum Gasteiger partial charge on any atom is 0.211 e. The van der Waals surface area contributed by atoms with Gasteiger partial charge in [-0.2, -0.15) is 4.31 Å². The van der Waals surface area contributed by atoms with Crippen molar-refractivity contribution in [1.29, 1.82) is 0 Å². The molecule has 1 heterocycles. The fourth-order valence-electron chi connectivity index (χ4n) is 2.99. The Hall–Kier alpha value is -1.85. The third-order valence-electron chi connectivity index (χ3n) is 4.35. The van der Waals surface area contributed by atoms with Crippen LogP contribution in [0.1, 0.15) is 23.1 Å². The summed E-state index contributed by atoms with van der Waals surface area (Å²) in [6.07, 6.45) is 3.99. The number of aryl methyl sites for hydroxylation is 1. The van der Waals surface area contributed by atoms with E-state index in [1.807, 2.05) is 18.2 Å². The molecule has 0 N–H and O–H groups in total. The van der Waals surface area contributed by atoms with Crippen LogP contribution in [0.3, 0.4) is 0 Å². The van der Waals surface area contributed by atoms with E-state index in [1.165, 1.54) is 21.7 Å². The molecule has 0 atom stereocenters. The van der Waals surface area contributed by atoms with Gasteiger partial charge in [-0.3, -0.25) is 0 Å². The number of sulfonamides is 1. The summed E-state index contributed by atoms with van der Waals surface area (Å²) in [6.45, 7) is 1.69. The lowest BCUT2D eigenvalue weighted by molar-refractivity contribution is 0.309. The Morgan fingerprint density at radius 1 is 1.08 bits per heavy atom. The number of benzene rings is 2. The zero-order valence-corrected chi connectivity index (χ0v) is 14.8. The lowest BCUT2D eigenvalue weighted by Gasteiger charge is -2.27. The minimum Gasteiger partial charge on any atom is -0.494 e. The first-order valence-electron chi connectivity index (χ1n) is 8.26. The smallest absolute Gasteiger partial charge is 0.211 e. The third kappa shape index (κ3) is 4.36. The van der Waals surface area contributed by atoms with Crippen LogP contribution >= 0.6 is 0 Å². The van der Waals surface area contributed by atoms with Crippen LogP contribution in [-0.4, -0.2) is 32.1 Å². The second-order valence-corrected chi connectivity index (χ2v) is 8.20. The number of rotatable bonds is 6. The number of ether oxygens (including phenoxy) is 1. The number of nitrogens with zero attached hydrogens (tertiary/aromatic N) is 1. The number of hydrogen-bond donors (Lipinski definition) is 0. The second-order valence-electron chi connectivity index (χ2n) is 6.21. The van der Waals surface area contributed by atoms with E-state index in [4.69, 9.17) is 4.74 Å². The van der Waals surface area contributed by atoms with Crippen LogP contribution in [0.25, 0.3) is 0 Å². The van der Waals surface area contributed by atoms with E-state index in [1.54, 1.807) is 0 Å². The van der Waals surface area contributed by atoms with Crippen molar-refractivity contribution < 1.29 is 13.2 Å². The van der Waals surface area contributed by atoms with Crippen molar-refractivity contribution in [3.63, 3.8) is 0 Å². The van der Waals surface area contributed by atoms with Gasteiger partial charge in [-0.05, 0) is 48.1 Å². The predicted molar refractivity (Wildman–Crippen MR) is 95.7 cm³/mol. The lowest BCUT2D eigenvalue weighted by Crippen LogP contribution is -2.35. The Balaban J connectivity index is 1.53. The topological polar surface area (TPSA) is 46.6 Å². The molecule has 24 heavy (non-hydrogen) atoms. The van der Waals surface area contributed by atoms with Gasteiger partial charge in [0.1, 0.15) is 5.75 Å². The van der Waals surface area contributed by atoms with E-state index >= 15 is 0 Å². The van der Waals surface area contributed by atoms with Gasteiger partial charge in [-0.15, -0.1) is 0 Å². The average Bonchev–Trinajstić information content (AvgIpc) is 2.58. The Morgan fingerprint density at radius 3 is 2.62 bits per heavy atom. The fraction of sp³-hybridized carbons (Fsp3) is 0.368. The summed E-state index contributed by atoms with van der Waals surface area (Å²) in [5.41, 5.74) is 3.59. The molecule has 0 fully saturated rings. The molecule has 3 rings (SSSR count). The van der Waals surface area contributed by atoms with Gasteiger partial charge in [-0.25, -0.2) is 8.42 Å². The maximum absolute atomic E-state index is 11.7. The van der Waals surface area contributed by atoms with Crippen molar-refractivity contribution in [3.05, 3.63) is 65.2 Å². The highest BCUT2D eigenvalue weighted by molar-refractivity contribution is 7.88. The van der Waals surface area contributed by atoms with E-state index in [-0.39, 0.29) is 0 Å². The highest BCUT2D eigenvalue weighted by Gasteiger charge is 2.23. The van der Waals surface area contributed by atoms with Crippen LogP contribution in [0.4, 0.5) is 0 Å². The highest BCUT2D eigenvalue weighted by Crippen LogP contribution is 2.25. The van der Waals surface area contributed by atoms with Crippen molar-refractivity contribution >= 4 is 10.0 Å². The molecule has 4 nitrogen and oxygen atoms in total. The van der Waals surface area contributed by atoms with Gasteiger partial charge in [0.2, 0.25) is 10.0 Å². The maximum atomic E-state index is 11.7. The lowest BCUT2D eigenvalue weighted by atomic mass is 10.0. The monoisotopic (exact) mass is 345 g/mol. The third-order valence-corrected chi connectivity index (χ3v) is 5.60. The Morgan fingerprint density at radius 2 is 1.88 bits per heavy atom. The molecule has 0 aliphatic carbocycles. The van der Waals surface area contributed by atoms with Gasteiger partial charge in [0, 0.05) is 13.1 Å². The summed E-state index contributed by atoms with van der Waals surface area (Å²) < 4.78 is 30.7. The number of fused-ring (bicyclic) bond motifs is 1. The molecule has 0 saturated carbocycles. The van der Waals surface area contributed by atoms with Crippen LogP contribution in [0.2, 0.25) is 0 Å². The van der Waals surface area contributed by atoms with Crippen molar-refractivity contribution in [3.8, 4) is 5.75 Å². The Labute approximate surface area is 144 Å². The quantitative estimate of drug-likeness (QED) is 0.756. The van der Waals surface area contributed by atoms with Crippen LogP contribution < -0.4 is 4.74 Å². The van der Waals surface area contributed by atoms with Gasteiger partial charge >= 0.3 is 0 Å². The first kappa shape index (κ1) is 17.0. The largest absolute Gasteiger partial charge is 0.494 e. The highest BCUT2D eigenvalue weighted by atomic mass is 32.2. The zero-order chi connectivity index (χ0) is 17.0. The number of hydrogen-bond acceptors (Lipinski definition) is 3. The summed E-state index contributed by atoms with van der Waals surface area (Å²) in [5.74, 6) is 0.870. The standard InChI is InChI=1S/C19H23NO3S/c1-24(21,22)20-12-11-17-14-19(10-9-18(17)15-20)23-13-5-8-16-6-3-2-4-7-16/h2-4,6-7,9-10,14H,5,8,11-13,15H2,1H3. The minimum atomic E-state index is -3.12. The van der Waals surface area contributed by atoms with E-state index in [0.29, 0.717) is 19.7 Å². The van der Waals surface area contributed by atoms with Gasteiger partial charge in [-0.1, -0.05) is 36.4 Å². The Bertz CT molecular complexity index is 788. The Kier molecular flexibility index (Phi) is 5.21. The fourth-order valence-corrected chi connectivity index (χ4v) is 3.78. The zero-order valence-electron chi connectivity index (χ0n) is 13.9. The molecule has 0 aromatic heterocycles. The molecule has 0 unspecified atom stereocenters. The molecule has 2 aromatic carbocycles. The van der Waals surface area contributed by atoms with Gasteiger partial charge in [0.15, 0.2) is 0 Å². The first-order valence-corrected chi connectivity index (χ1v) is 10.1. The van der Waals surface area contributed by atoms with Gasteiger partial charge in [0.25, 0.3) is 0 Å². The van der Waals surface area contributed by atoms with Gasteiger partial charge in [0.05, 0.1) is 12.9 Å². The summed E-state index contributed by atoms with van der Waals surface area (Å²) in [7, 11) is -3.12. The average molecular weight is 345 g/mol. The van der Waals surface area contributed by atoms with Crippen molar-refractivity contribution in [2.75, 3.05) is 19.4 Å². The molecule has 2 aromatic rings. The summed E-state index contributed by atoms with van der Waals surface area (Å²) in [5, 5.41) is 0. The molecule has 1 aliphatic rings. The molecule has 0 amide bonds. The molecule has 0 spiro atoms. The molecule has 0 radical (unpaired) electrons. The summed E-state index contributed by atoms with van der Waals surface area (Å²) in [6, 6.07) is 16.4. The van der Waals surface area contributed by atoms with Crippen molar-refractivity contribution in [2.45, 2.75) is 25.8 Å². The predicted octanol–water partition coefficient (Wildman–Crippen LogP) is 3.02. The normalized spacial score (nSPS) is 15.0. The molecule has 5 heteroatoms. The van der Waals surface area contributed by atoms with E-state index < -0.39 is 10.0 Å². The molecular weight excluding hydrogens is 322 g/mol. The molecule has 0 saturated heterocycles. The molecular formula is C19H23NO3S. The molecule has 1 aliphatic heterocycles.